The van der Waals surface area contributed by atoms with Crippen LogP contribution in [0, 0.1) is 0 Å². The molecule has 5 nitrogen and oxygen atoms in total. The van der Waals surface area contributed by atoms with Gasteiger partial charge in [0.05, 0.1) is 6.07 Å². The first-order valence-corrected chi connectivity index (χ1v) is 5.64. The molecule has 2 heterocycles. The second-order valence-corrected chi connectivity index (χ2v) is 4.36. The standard InChI is InChI=1S/C11H17N3O2/c1-7(2)11-13-9(15)5-10(14-11)16-8-3-4-12-6-8/h5,7-8,12H,3-4,6H2,1-2H3,(H,13,14,15). The first kappa shape index (κ1) is 11.1. The summed E-state index contributed by atoms with van der Waals surface area (Å²) in [4.78, 5) is 18.4. The molecule has 1 aromatic heterocycles. The van der Waals surface area contributed by atoms with Crippen LogP contribution < -0.4 is 15.6 Å². The minimum absolute atomic E-state index is 0.134. The maximum Gasteiger partial charge on any atom is 0.254 e. The third-order valence-electron chi connectivity index (χ3n) is 2.59. The van der Waals surface area contributed by atoms with Gasteiger partial charge in [-0.2, -0.15) is 4.98 Å². The van der Waals surface area contributed by atoms with Gasteiger partial charge in [-0.3, -0.25) is 4.79 Å². The van der Waals surface area contributed by atoms with Gasteiger partial charge in [-0.15, -0.1) is 0 Å². The molecule has 88 valence electrons. The topological polar surface area (TPSA) is 67.0 Å². The highest BCUT2D eigenvalue weighted by Gasteiger charge is 2.17. The number of hydrogen-bond acceptors (Lipinski definition) is 4. The molecule has 2 N–H and O–H groups in total. The maximum absolute atomic E-state index is 11.4. The van der Waals surface area contributed by atoms with Gasteiger partial charge in [-0.05, 0) is 13.0 Å². The third-order valence-corrected chi connectivity index (χ3v) is 2.59. The van der Waals surface area contributed by atoms with Gasteiger partial charge in [0.1, 0.15) is 11.9 Å². The number of aromatic amines is 1. The van der Waals surface area contributed by atoms with Crippen LogP contribution in [0.3, 0.4) is 0 Å². The van der Waals surface area contributed by atoms with Crippen molar-refractivity contribution in [2.24, 2.45) is 0 Å². The van der Waals surface area contributed by atoms with E-state index < -0.39 is 0 Å². The Kier molecular flexibility index (Phi) is 3.24. The van der Waals surface area contributed by atoms with E-state index in [2.05, 4.69) is 15.3 Å². The molecule has 0 aliphatic carbocycles. The Bertz CT molecular complexity index is 408. The molecule has 0 spiro atoms. The highest BCUT2D eigenvalue weighted by Crippen LogP contribution is 2.13. The Morgan fingerprint density at radius 2 is 2.38 bits per heavy atom. The fraction of sp³-hybridized carbons (Fsp3) is 0.636. The fourth-order valence-electron chi connectivity index (χ4n) is 1.69. The Morgan fingerprint density at radius 3 is 3.00 bits per heavy atom. The molecule has 0 bridgehead atoms. The van der Waals surface area contributed by atoms with Crippen molar-refractivity contribution in [1.82, 2.24) is 15.3 Å². The third kappa shape index (κ3) is 2.61. The monoisotopic (exact) mass is 223 g/mol. The van der Waals surface area contributed by atoms with E-state index in [4.69, 9.17) is 4.74 Å². The van der Waals surface area contributed by atoms with Crippen LogP contribution in [0.15, 0.2) is 10.9 Å². The molecule has 1 fully saturated rings. The van der Waals surface area contributed by atoms with Crippen molar-refractivity contribution in [3.63, 3.8) is 0 Å². The summed E-state index contributed by atoms with van der Waals surface area (Å²) in [7, 11) is 0. The van der Waals surface area contributed by atoms with E-state index in [-0.39, 0.29) is 17.6 Å². The van der Waals surface area contributed by atoms with E-state index in [1.165, 1.54) is 6.07 Å². The van der Waals surface area contributed by atoms with Gasteiger partial charge in [-0.25, -0.2) is 0 Å². The molecule has 1 unspecified atom stereocenters. The van der Waals surface area contributed by atoms with Crippen LogP contribution in [0.2, 0.25) is 0 Å². The van der Waals surface area contributed by atoms with Crippen LogP contribution in [-0.4, -0.2) is 29.2 Å². The van der Waals surface area contributed by atoms with Crippen LogP contribution >= 0.6 is 0 Å². The number of nitrogens with one attached hydrogen (secondary N) is 2. The molecule has 0 aromatic carbocycles. The highest BCUT2D eigenvalue weighted by molar-refractivity contribution is 5.11. The molecule has 16 heavy (non-hydrogen) atoms. The number of rotatable bonds is 3. The van der Waals surface area contributed by atoms with E-state index in [9.17, 15) is 4.79 Å². The van der Waals surface area contributed by atoms with Crippen LogP contribution in [0.4, 0.5) is 0 Å². The van der Waals surface area contributed by atoms with Gasteiger partial charge in [0.25, 0.3) is 5.56 Å². The second kappa shape index (κ2) is 4.65. The normalized spacial score (nSPS) is 20.3. The number of nitrogens with zero attached hydrogens (tertiary/aromatic N) is 1. The van der Waals surface area contributed by atoms with Crippen molar-refractivity contribution in [2.45, 2.75) is 32.3 Å². The lowest BCUT2D eigenvalue weighted by Gasteiger charge is -2.12. The minimum Gasteiger partial charge on any atom is -0.473 e. The number of H-pyrrole nitrogens is 1. The second-order valence-electron chi connectivity index (χ2n) is 4.36. The van der Waals surface area contributed by atoms with Crippen molar-refractivity contribution >= 4 is 0 Å². The van der Waals surface area contributed by atoms with Gasteiger partial charge in [0.15, 0.2) is 0 Å². The predicted octanol–water partition coefficient (Wildman–Crippen LogP) is 0.634. The lowest BCUT2D eigenvalue weighted by atomic mass is 10.2. The number of hydrogen-bond donors (Lipinski definition) is 2. The Balaban J connectivity index is 2.16. The lowest BCUT2D eigenvalue weighted by Crippen LogP contribution is -2.22. The van der Waals surface area contributed by atoms with Crippen molar-refractivity contribution < 1.29 is 4.74 Å². The van der Waals surface area contributed by atoms with E-state index in [0.29, 0.717) is 11.7 Å². The molecule has 0 radical (unpaired) electrons. The molecule has 1 aromatic rings. The summed E-state index contributed by atoms with van der Waals surface area (Å²) < 4.78 is 5.65. The van der Waals surface area contributed by atoms with Gasteiger partial charge in [0, 0.05) is 12.5 Å². The zero-order chi connectivity index (χ0) is 11.5. The maximum atomic E-state index is 11.4. The molecule has 1 aliphatic rings. The zero-order valence-corrected chi connectivity index (χ0v) is 9.62. The minimum atomic E-state index is -0.153. The average molecular weight is 223 g/mol. The molecule has 5 heteroatoms. The van der Waals surface area contributed by atoms with E-state index in [0.717, 1.165) is 19.5 Å². The smallest absolute Gasteiger partial charge is 0.254 e. The summed E-state index contributed by atoms with van der Waals surface area (Å²) >= 11 is 0. The first-order valence-electron chi connectivity index (χ1n) is 5.64. The summed E-state index contributed by atoms with van der Waals surface area (Å²) in [6.45, 7) is 5.76. The quantitative estimate of drug-likeness (QED) is 0.789. The van der Waals surface area contributed by atoms with Gasteiger partial charge in [0.2, 0.25) is 5.88 Å². The van der Waals surface area contributed by atoms with Gasteiger partial charge < -0.3 is 15.0 Å². The molecule has 1 atom stereocenters. The number of ether oxygens (including phenoxy) is 1. The summed E-state index contributed by atoms with van der Waals surface area (Å²) in [5.41, 5.74) is -0.153. The Hall–Kier alpha value is -1.36. The molecule has 1 aliphatic heterocycles. The SMILES string of the molecule is CC(C)c1nc(OC2CCNC2)cc(=O)[nH]1. The van der Waals surface area contributed by atoms with Gasteiger partial charge >= 0.3 is 0 Å². The first-order chi connectivity index (χ1) is 7.65. The summed E-state index contributed by atoms with van der Waals surface area (Å²) in [5, 5.41) is 3.21. The lowest BCUT2D eigenvalue weighted by molar-refractivity contribution is 0.212. The summed E-state index contributed by atoms with van der Waals surface area (Å²) in [6, 6.07) is 1.41. The van der Waals surface area contributed by atoms with Crippen molar-refractivity contribution in [3.8, 4) is 5.88 Å². The Labute approximate surface area is 94.2 Å². The molecular formula is C11H17N3O2. The van der Waals surface area contributed by atoms with Crippen LogP contribution in [0.5, 0.6) is 5.88 Å². The van der Waals surface area contributed by atoms with E-state index in [1.54, 1.807) is 0 Å². The van der Waals surface area contributed by atoms with Crippen LogP contribution in [-0.2, 0) is 0 Å². The average Bonchev–Trinajstić information content (AvgIpc) is 2.69. The van der Waals surface area contributed by atoms with Crippen LogP contribution in [0.25, 0.3) is 0 Å². The van der Waals surface area contributed by atoms with Crippen molar-refractivity contribution in [2.75, 3.05) is 13.1 Å². The van der Waals surface area contributed by atoms with Crippen molar-refractivity contribution in [3.05, 3.63) is 22.2 Å². The van der Waals surface area contributed by atoms with Crippen LogP contribution in [0.1, 0.15) is 32.0 Å². The molecule has 0 amide bonds. The molecular weight excluding hydrogens is 206 g/mol. The molecule has 0 saturated carbocycles. The van der Waals surface area contributed by atoms with Crippen molar-refractivity contribution in [1.29, 1.82) is 0 Å². The van der Waals surface area contributed by atoms with Gasteiger partial charge in [-0.1, -0.05) is 13.8 Å². The van der Waals surface area contributed by atoms with E-state index >= 15 is 0 Å². The molecule has 1 saturated heterocycles. The number of aromatic nitrogens is 2. The highest BCUT2D eigenvalue weighted by atomic mass is 16.5. The predicted molar refractivity (Wildman–Crippen MR) is 60.8 cm³/mol. The molecule has 2 rings (SSSR count). The summed E-state index contributed by atoms with van der Waals surface area (Å²) in [6.07, 6.45) is 1.10. The zero-order valence-electron chi connectivity index (χ0n) is 9.62. The summed E-state index contributed by atoms with van der Waals surface area (Å²) in [5.74, 6) is 1.30. The fourth-order valence-corrected chi connectivity index (χ4v) is 1.69. The Morgan fingerprint density at radius 1 is 1.56 bits per heavy atom. The largest absolute Gasteiger partial charge is 0.473 e. The van der Waals surface area contributed by atoms with E-state index in [1.807, 2.05) is 13.8 Å².